The molecule has 0 aliphatic heterocycles. The number of rotatable bonds is 6. The molecule has 1 amide bonds. The van der Waals surface area contributed by atoms with Gasteiger partial charge in [0.1, 0.15) is 0 Å². The number of nitrogens with one attached hydrogen (secondary N) is 1. The summed E-state index contributed by atoms with van der Waals surface area (Å²) in [5, 5.41) is 7.68. The number of carbonyl (C=O) groups excluding carboxylic acids is 1. The molecule has 5 nitrogen and oxygen atoms in total. The number of nitrogens with zero attached hydrogens (tertiary/aromatic N) is 2. The predicted molar refractivity (Wildman–Crippen MR) is 109 cm³/mol. The van der Waals surface area contributed by atoms with E-state index in [2.05, 4.69) is 47.7 Å². The standard InChI is InChI=1S/C22H32N4O/c1-16-13-17(2)26(25-16)20-9-7-19(8-10-20)18(3)24-21(27)14-22(15-23)11-5-4-6-12-22/h7-10,13,18H,4-6,11-12,14-15,23H2,1-3H3,(H,24,27). The molecule has 2 aromatic rings. The summed E-state index contributed by atoms with van der Waals surface area (Å²) in [6.07, 6.45) is 6.33. The van der Waals surface area contributed by atoms with Crippen LogP contribution in [-0.4, -0.2) is 22.2 Å². The maximum Gasteiger partial charge on any atom is 0.221 e. The van der Waals surface area contributed by atoms with Gasteiger partial charge in [0.2, 0.25) is 5.91 Å². The minimum Gasteiger partial charge on any atom is -0.350 e. The highest BCUT2D eigenvalue weighted by Crippen LogP contribution is 2.38. The van der Waals surface area contributed by atoms with E-state index in [9.17, 15) is 4.79 Å². The van der Waals surface area contributed by atoms with Crippen LogP contribution in [0.4, 0.5) is 0 Å². The molecule has 1 saturated carbocycles. The van der Waals surface area contributed by atoms with Gasteiger partial charge >= 0.3 is 0 Å². The molecule has 1 aromatic carbocycles. The molecule has 1 atom stereocenters. The van der Waals surface area contributed by atoms with Crippen molar-refractivity contribution < 1.29 is 4.79 Å². The van der Waals surface area contributed by atoms with E-state index in [0.29, 0.717) is 13.0 Å². The van der Waals surface area contributed by atoms with Crippen molar-refractivity contribution in [1.29, 1.82) is 0 Å². The molecule has 0 bridgehead atoms. The average Bonchev–Trinajstić information content (AvgIpc) is 3.00. The van der Waals surface area contributed by atoms with E-state index in [4.69, 9.17) is 5.73 Å². The summed E-state index contributed by atoms with van der Waals surface area (Å²) in [5.41, 5.74) is 10.3. The number of nitrogens with two attached hydrogens (primary N) is 1. The monoisotopic (exact) mass is 368 g/mol. The molecule has 5 heteroatoms. The maximum atomic E-state index is 12.6. The van der Waals surface area contributed by atoms with E-state index in [1.807, 2.05) is 18.5 Å². The smallest absolute Gasteiger partial charge is 0.221 e. The van der Waals surface area contributed by atoms with E-state index in [0.717, 1.165) is 35.5 Å². The van der Waals surface area contributed by atoms with Gasteiger partial charge in [-0.1, -0.05) is 31.4 Å². The van der Waals surface area contributed by atoms with Crippen molar-refractivity contribution in [3.63, 3.8) is 0 Å². The van der Waals surface area contributed by atoms with Crippen LogP contribution in [0.15, 0.2) is 30.3 Å². The molecule has 1 aromatic heterocycles. The Morgan fingerprint density at radius 3 is 2.44 bits per heavy atom. The number of benzene rings is 1. The van der Waals surface area contributed by atoms with Gasteiger partial charge in [0.25, 0.3) is 0 Å². The van der Waals surface area contributed by atoms with Crippen molar-refractivity contribution in [1.82, 2.24) is 15.1 Å². The molecule has 0 saturated heterocycles. The summed E-state index contributed by atoms with van der Waals surface area (Å²) in [7, 11) is 0. The van der Waals surface area contributed by atoms with E-state index < -0.39 is 0 Å². The molecule has 27 heavy (non-hydrogen) atoms. The lowest BCUT2D eigenvalue weighted by Crippen LogP contribution is -2.39. The quantitative estimate of drug-likeness (QED) is 0.810. The summed E-state index contributed by atoms with van der Waals surface area (Å²) in [5.74, 6) is 0.109. The first-order chi connectivity index (χ1) is 12.9. The van der Waals surface area contributed by atoms with Crippen LogP contribution >= 0.6 is 0 Å². The van der Waals surface area contributed by atoms with Crippen LogP contribution in [0.1, 0.15) is 68.4 Å². The summed E-state index contributed by atoms with van der Waals surface area (Å²) in [6.45, 7) is 6.68. The molecule has 146 valence electrons. The fourth-order valence-electron chi connectivity index (χ4n) is 4.27. The Morgan fingerprint density at radius 1 is 1.22 bits per heavy atom. The summed E-state index contributed by atoms with van der Waals surface area (Å²) in [4.78, 5) is 12.6. The Bertz CT molecular complexity index is 772. The van der Waals surface area contributed by atoms with Gasteiger partial charge in [0.15, 0.2) is 0 Å². The predicted octanol–water partition coefficient (Wildman–Crippen LogP) is 3.97. The van der Waals surface area contributed by atoms with E-state index in [-0.39, 0.29) is 17.4 Å². The van der Waals surface area contributed by atoms with Crippen LogP contribution in [0.2, 0.25) is 0 Å². The average molecular weight is 369 g/mol. The highest BCUT2D eigenvalue weighted by atomic mass is 16.1. The SMILES string of the molecule is Cc1cc(C)n(-c2ccc(C(C)NC(=O)CC3(CN)CCCCC3)cc2)n1. The Morgan fingerprint density at radius 2 is 1.89 bits per heavy atom. The second-order valence-corrected chi connectivity index (χ2v) is 8.16. The lowest BCUT2D eigenvalue weighted by molar-refractivity contribution is -0.124. The van der Waals surface area contributed by atoms with Crippen LogP contribution < -0.4 is 11.1 Å². The van der Waals surface area contributed by atoms with Crippen molar-refractivity contribution in [2.75, 3.05) is 6.54 Å². The Kier molecular flexibility index (Phi) is 6.00. The zero-order valence-corrected chi connectivity index (χ0v) is 16.8. The first kappa shape index (κ1) is 19.6. The summed E-state index contributed by atoms with van der Waals surface area (Å²) >= 11 is 0. The maximum absolute atomic E-state index is 12.6. The van der Waals surface area contributed by atoms with Gasteiger partial charge in [-0.3, -0.25) is 4.79 Å². The molecule has 0 spiro atoms. The number of aromatic nitrogens is 2. The Labute approximate surface area is 162 Å². The van der Waals surface area contributed by atoms with E-state index in [1.54, 1.807) is 0 Å². The third kappa shape index (κ3) is 4.59. The van der Waals surface area contributed by atoms with Crippen molar-refractivity contribution in [3.8, 4) is 5.69 Å². The Balaban J connectivity index is 1.63. The first-order valence-electron chi connectivity index (χ1n) is 10.1. The highest BCUT2D eigenvalue weighted by molar-refractivity contribution is 5.77. The zero-order chi connectivity index (χ0) is 19.4. The molecule has 3 rings (SSSR count). The molecule has 1 fully saturated rings. The molecule has 1 unspecified atom stereocenters. The van der Waals surface area contributed by atoms with Gasteiger partial charge < -0.3 is 11.1 Å². The number of hydrogen-bond donors (Lipinski definition) is 2. The lowest BCUT2D eigenvalue weighted by Gasteiger charge is -2.36. The minimum atomic E-state index is -0.0228. The van der Waals surface area contributed by atoms with Gasteiger partial charge in [0, 0.05) is 12.1 Å². The molecular formula is C22H32N4O. The van der Waals surface area contributed by atoms with Crippen LogP contribution in [0.3, 0.4) is 0 Å². The summed E-state index contributed by atoms with van der Waals surface area (Å²) < 4.78 is 1.94. The molecule has 1 aliphatic carbocycles. The van der Waals surface area contributed by atoms with Gasteiger partial charge in [0.05, 0.1) is 17.4 Å². The highest BCUT2D eigenvalue weighted by Gasteiger charge is 2.33. The zero-order valence-electron chi connectivity index (χ0n) is 16.8. The summed E-state index contributed by atoms with van der Waals surface area (Å²) in [6, 6.07) is 10.3. The third-order valence-corrected chi connectivity index (χ3v) is 5.91. The number of carbonyl (C=O) groups is 1. The second-order valence-electron chi connectivity index (χ2n) is 8.16. The van der Waals surface area contributed by atoms with Gasteiger partial charge in [-0.05, 0) is 69.3 Å². The largest absolute Gasteiger partial charge is 0.350 e. The first-order valence-corrected chi connectivity index (χ1v) is 10.1. The van der Waals surface area contributed by atoms with Crippen molar-refractivity contribution >= 4 is 5.91 Å². The van der Waals surface area contributed by atoms with Crippen LogP contribution in [0.25, 0.3) is 5.69 Å². The molecule has 0 radical (unpaired) electrons. The fourth-order valence-corrected chi connectivity index (χ4v) is 4.27. The molecule has 1 heterocycles. The Hall–Kier alpha value is -2.14. The second kappa shape index (κ2) is 8.26. The van der Waals surface area contributed by atoms with Gasteiger partial charge in [-0.15, -0.1) is 0 Å². The minimum absolute atomic E-state index is 0.00138. The van der Waals surface area contributed by atoms with Crippen LogP contribution in [-0.2, 0) is 4.79 Å². The number of hydrogen-bond acceptors (Lipinski definition) is 3. The molecule has 3 N–H and O–H groups in total. The van der Waals surface area contributed by atoms with Gasteiger partial charge in [-0.2, -0.15) is 5.10 Å². The van der Waals surface area contributed by atoms with Crippen LogP contribution in [0, 0.1) is 19.3 Å². The normalized spacial score (nSPS) is 17.5. The van der Waals surface area contributed by atoms with Crippen LogP contribution in [0.5, 0.6) is 0 Å². The van der Waals surface area contributed by atoms with Crippen molar-refractivity contribution in [3.05, 3.63) is 47.3 Å². The van der Waals surface area contributed by atoms with Gasteiger partial charge in [-0.25, -0.2) is 4.68 Å². The van der Waals surface area contributed by atoms with Crippen molar-refractivity contribution in [2.45, 2.75) is 65.3 Å². The number of aryl methyl sites for hydroxylation is 2. The molecule has 1 aliphatic rings. The topological polar surface area (TPSA) is 72.9 Å². The number of amides is 1. The third-order valence-electron chi connectivity index (χ3n) is 5.91. The fraction of sp³-hybridized carbons (Fsp3) is 0.545. The molecular weight excluding hydrogens is 336 g/mol. The van der Waals surface area contributed by atoms with E-state index >= 15 is 0 Å². The van der Waals surface area contributed by atoms with E-state index in [1.165, 1.54) is 19.3 Å². The lowest BCUT2D eigenvalue weighted by atomic mass is 9.71. The van der Waals surface area contributed by atoms with Crippen molar-refractivity contribution in [2.24, 2.45) is 11.1 Å².